The largest absolute Gasteiger partial charge is 0.452 e. The minimum Gasteiger partial charge on any atom is -0.452 e. The maximum Gasteiger partial charge on any atom is 0.344 e. The molecule has 3 rings (SSSR count). The summed E-state index contributed by atoms with van der Waals surface area (Å²) in [4.78, 5) is 24.8. The van der Waals surface area contributed by atoms with Gasteiger partial charge in [-0.05, 0) is 44.4 Å². The summed E-state index contributed by atoms with van der Waals surface area (Å²) in [5, 5.41) is 6.81. The molecule has 0 radical (unpaired) electrons. The molecule has 6 nitrogen and oxygen atoms in total. The van der Waals surface area contributed by atoms with Crippen LogP contribution < -0.4 is 5.32 Å². The lowest BCUT2D eigenvalue weighted by atomic mass is 10.0. The van der Waals surface area contributed by atoms with E-state index in [1.165, 1.54) is 5.56 Å². The summed E-state index contributed by atoms with van der Waals surface area (Å²) in [5.74, 6) is -0.672. The summed E-state index contributed by atoms with van der Waals surface area (Å²) in [7, 11) is 0. The smallest absolute Gasteiger partial charge is 0.344 e. The standard InChI is InChI=1S/C23H24N2O4/c1-14-10-11-19(12-15(14)2)16(3)24-20(26)13-28-23(27)21-17(4)29-25-22(21)18-8-6-5-7-9-18/h5-12,16H,13H2,1-4H3,(H,24,26)/t16-/m1/s1. The van der Waals surface area contributed by atoms with Crippen molar-refractivity contribution in [2.45, 2.75) is 33.7 Å². The number of hydrogen-bond donors (Lipinski definition) is 1. The molecule has 1 N–H and O–H groups in total. The van der Waals surface area contributed by atoms with Gasteiger partial charge in [0.2, 0.25) is 0 Å². The molecule has 0 fully saturated rings. The van der Waals surface area contributed by atoms with Gasteiger partial charge in [0.05, 0.1) is 6.04 Å². The Labute approximate surface area is 169 Å². The van der Waals surface area contributed by atoms with Crippen LogP contribution >= 0.6 is 0 Å². The monoisotopic (exact) mass is 392 g/mol. The first-order valence-electron chi connectivity index (χ1n) is 9.42. The van der Waals surface area contributed by atoms with E-state index in [-0.39, 0.29) is 24.1 Å². The predicted molar refractivity (Wildman–Crippen MR) is 109 cm³/mol. The molecule has 0 saturated carbocycles. The molecule has 0 spiro atoms. The zero-order chi connectivity index (χ0) is 21.0. The Bertz CT molecular complexity index is 1020. The van der Waals surface area contributed by atoms with Gasteiger partial charge in [0.25, 0.3) is 5.91 Å². The molecule has 0 aliphatic heterocycles. The SMILES string of the molecule is Cc1ccc([C@@H](C)NC(=O)COC(=O)c2c(-c3ccccc3)noc2C)cc1C. The first-order chi connectivity index (χ1) is 13.9. The highest BCUT2D eigenvalue weighted by Crippen LogP contribution is 2.25. The predicted octanol–water partition coefficient (Wildman–Crippen LogP) is 4.30. The van der Waals surface area contributed by atoms with Crippen molar-refractivity contribution in [3.05, 3.63) is 76.5 Å². The fraction of sp³-hybridized carbons (Fsp3) is 0.261. The number of esters is 1. The highest BCUT2D eigenvalue weighted by molar-refractivity contribution is 5.98. The Morgan fingerprint density at radius 1 is 1.07 bits per heavy atom. The van der Waals surface area contributed by atoms with Crippen molar-refractivity contribution >= 4 is 11.9 Å². The molecule has 3 aromatic rings. The quantitative estimate of drug-likeness (QED) is 0.633. The Hall–Kier alpha value is -3.41. The van der Waals surface area contributed by atoms with Crippen LogP contribution in [0.2, 0.25) is 0 Å². The zero-order valence-corrected chi connectivity index (χ0v) is 17.0. The van der Waals surface area contributed by atoms with Gasteiger partial charge in [-0.2, -0.15) is 0 Å². The van der Waals surface area contributed by atoms with Gasteiger partial charge >= 0.3 is 5.97 Å². The molecule has 0 saturated heterocycles. The third-order valence-electron chi connectivity index (χ3n) is 4.86. The van der Waals surface area contributed by atoms with E-state index in [2.05, 4.69) is 10.5 Å². The molecule has 0 unspecified atom stereocenters. The number of hydrogen-bond acceptors (Lipinski definition) is 5. The van der Waals surface area contributed by atoms with Crippen LogP contribution in [0, 0.1) is 20.8 Å². The summed E-state index contributed by atoms with van der Waals surface area (Å²) in [6.07, 6.45) is 0. The lowest BCUT2D eigenvalue weighted by Crippen LogP contribution is -2.31. The molecule has 1 amide bonds. The summed E-state index contributed by atoms with van der Waals surface area (Å²) >= 11 is 0. The molecule has 1 atom stereocenters. The zero-order valence-electron chi connectivity index (χ0n) is 17.0. The summed E-state index contributed by atoms with van der Waals surface area (Å²) in [5.41, 5.74) is 4.72. The number of aromatic nitrogens is 1. The van der Waals surface area contributed by atoms with Crippen molar-refractivity contribution in [3.8, 4) is 11.3 Å². The van der Waals surface area contributed by atoms with Crippen LogP contribution in [-0.2, 0) is 9.53 Å². The van der Waals surface area contributed by atoms with Gasteiger partial charge in [-0.25, -0.2) is 4.79 Å². The molecule has 0 bridgehead atoms. The number of rotatable bonds is 6. The second kappa shape index (κ2) is 8.73. The fourth-order valence-corrected chi connectivity index (χ4v) is 3.01. The van der Waals surface area contributed by atoms with E-state index in [1.807, 2.05) is 69.3 Å². The third kappa shape index (κ3) is 4.71. The molecule has 1 heterocycles. The van der Waals surface area contributed by atoms with E-state index in [0.717, 1.165) is 16.7 Å². The van der Waals surface area contributed by atoms with Gasteiger partial charge in [0.15, 0.2) is 6.61 Å². The van der Waals surface area contributed by atoms with Crippen LogP contribution in [-0.4, -0.2) is 23.6 Å². The Morgan fingerprint density at radius 3 is 2.48 bits per heavy atom. The van der Waals surface area contributed by atoms with Gasteiger partial charge < -0.3 is 14.6 Å². The maximum atomic E-state index is 12.6. The van der Waals surface area contributed by atoms with Gasteiger partial charge in [-0.15, -0.1) is 0 Å². The van der Waals surface area contributed by atoms with E-state index in [4.69, 9.17) is 9.26 Å². The number of benzene rings is 2. The average Bonchev–Trinajstić information content (AvgIpc) is 3.10. The van der Waals surface area contributed by atoms with Crippen molar-refractivity contribution in [1.29, 1.82) is 0 Å². The normalized spacial score (nSPS) is 11.7. The molecule has 6 heteroatoms. The number of ether oxygens (including phenoxy) is 1. The summed E-state index contributed by atoms with van der Waals surface area (Å²) < 4.78 is 10.4. The van der Waals surface area contributed by atoms with Gasteiger partial charge in [0.1, 0.15) is 17.0 Å². The van der Waals surface area contributed by atoms with Crippen LogP contribution in [0.15, 0.2) is 53.1 Å². The molecule has 2 aromatic carbocycles. The van der Waals surface area contributed by atoms with Crippen molar-refractivity contribution in [3.63, 3.8) is 0 Å². The highest BCUT2D eigenvalue weighted by atomic mass is 16.5. The van der Waals surface area contributed by atoms with E-state index in [9.17, 15) is 9.59 Å². The molecule has 0 aliphatic carbocycles. The molecule has 29 heavy (non-hydrogen) atoms. The van der Waals surface area contributed by atoms with Gasteiger partial charge in [-0.1, -0.05) is 53.7 Å². The van der Waals surface area contributed by atoms with Gasteiger partial charge in [0, 0.05) is 5.56 Å². The van der Waals surface area contributed by atoms with E-state index in [0.29, 0.717) is 11.5 Å². The summed E-state index contributed by atoms with van der Waals surface area (Å²) in [6.45, 7) is 7.21. The first kappa shape index (κ1) is 20.3. The highest BCUT2D eigenvalue weighted by Gasteiger charge is 2.23. The third-order valence-corrected chi connectivity index (χ3v) is 4.86. The Morgan fingerprint density at radius 2 is 1.79 bits per heavy atom. The maximum absolute atomic E-state index is 12.6. The molecule has 1 aromatic heterocycles. The van der Waals surface area contributed by atoms with E-state index < -0.39 is 5.97 Å². The van der Waals surface area contributed by atoms with Gasteiger partial charge in [-0.3, -0.25) is 4.79 Å². The second-order valence-corrected chi connectivity index (χ2v) is 7.04. The minimum absolute atomic E-state index is 0.197. The average molecular weight is 392 g/mol. The van der Waals surface area contributed by atoms with Crippen LogP contribution in [0.25, 0.3) is 11.3 Å². The topological polar surface area (TPSA) is 81.4 Å². The Kier molecular flexibility index (Phi) is 6.12. The molecule has 150 valence electrons. The number of amides is 1. The lowest BCUT2D eigenvalue weighted by molar-refractivity contribution is -0.124. The van der Waals surface area contributed by atoms with Crippen molar-refractivity contribution in [1.82, 2.24) is 10.5 Å². The van der Waals surface area contributed by atoms with Crippen LogP contribution in [0.4, 0.5) is 0 Å². The van der Waals surface area contributed by atoms with Crippen LogP contribution in [0.5, 0.6) is 0 Å². The summed E-state index contributed by atoms with van der Waals surface area (Å²) in [6, 6.07) is 15.1. The lowest BCUT2D eigenvalue weighted by Gasteiger charge is -2.15. The van der Waals surface area contributed by atoms with E-state index >= 15 is 0 Å². The molecular weight excluding hydrogens is 368 g/mol. The number of nitrogens with one attached hydrogen (secondary N) is 1. The number of carbonyl (C=O) groups excluding carboxylic acids is 2. The molecular formula is C23H24N2O4. The number of aryl methyl sites for hydroxylation is 3. The number of carbonyl (C=O) groups is 2. The van der Waals surface area contributed by atoms with Crippen LogP contribution in [0.1, 0.15) is 45.8 Å². The van der Waals surface area contributed by atoms with Crippen LogP contribution in [0.3, 0.4) is 0 Å². The number of nitrogens with zero attached hydrogens (tertiary/aromatic N) is 1. The minimum atomic E-state index is -0.642. The van der Waals surface area contributed by atoms with E-state index in [1.54, 1.807) is 6.92 Å². The van der Waals surface area contributed by atoms with Crippen molar-refractivity contribution in [2.75, 3.05) is 6.61 Å². The second-order valence-electron chi connectivity index (χ2n) is 7.04. The first-order valence-corrected chi connectivity index (χ1v) is 9.42. The van der Waals surface area contributed by atoms with Crippen molar-refractivity contribution < 1.29 is 18.8 Å². The molecule has 0 aliphatic rings. The fourth-order valence-electron chi connectivity index (χ4n) is 3.01. The van der Waals surface area contributed by atoms with Crippen molar-refractivity contribution in [2.24, 2.45) is 0 Å². The Balaban J connectivity index is 1.63.